The Labute approximate surface area is 341 Å². The van der Waals surface area contributed by atoms with Crippen molar-refractivity contribution in [1.82, 2.24) is 19.4 Å². The van der Waals surface area contributed by atoms with Gasteiger partial charge in [0.25, 0.3) is 21.6 Å². The summed E-state index contributed by atoms with van der Waals surface area (Å²) < 4.78 is 36.7. The largest absolute Gasteiger partial charge is 0.495 e. The van der Waals surface area contributed by atoms with Crippen LogP contribution < -0.4 is 14.8 Å². The maximum atomic E-state index is 14.4. The van der Waals surface area contributed by atoms with Gasteiger partial charge in [-0.3, -0.25) is 19.7 Å². The van der Waals surface area contributed by atoms with Crippen molar-refractivity contribution >= 4 is 45.0 Å². The van der Waals surface area contributed by atoms with Crippen LogP contribution in [0.2, 0.25) is 0 Å². The molecule has 0 aliphatic carbocycles. The van der Waals surface area contributed by atoms with Crippen LogP contribution in [0.15, 0.2) is 101 Å². The van der Waals surface area contributed by atoms with Gasteiger partial charge >= 0.3 is 0 Å². The number of aryl methyl sites for hydroxylation is 1. The van der Waals surface area contributed by atoms with E-state index in [1.807, 2.05) is 93.8 Å². The van der Waals surface area contributed by atoms with Crippen LogP contribution in [0, 0.1) is 10.1 Å². The first-order valence-electron chi connectivity index (χ1n) is 18.8. The maximum Gasteiger partial charge on any atom is 0.293 e. The van der Waals surface area contributed by atoms with Gasteiger partial charge in [0.15, 0.2) is 0 Å². The van der Waals surface area contributed by atoms with Crippen molar-refractivity contribution in [1.29, 1.82) is 0 Å². The number of hydrogen-bond donors (Lipinski definition) is 2. The number of rotatable bonds is 22. The SMILES string of the molecule is COc1c(-c2ccccc2)ccc(CCC(=O)N(C)CCN(C)C)c1C(=O)NS(=O)(=O)c1cccc([N+](=O)[O-])c1N[C@H](CCCCN(C)C)CSc1ccccc1. The number of carbonyl (C=O) groups is 2. The van der Waals surface area contributed by atoms with Crippen molar-refractivity contribution in [3.05, 3.63) is 112 Å². The fourth-order valence-electron chi connectivity index (χ4n) is 6.25. The average molecular weight is 819 g/mol. The van der Waals surface area contributed by atoms with E-state index >= 15 is 0 Å². The molecule has 1 atom stereocenters. The second-order valence-electron chi connectivity index (χ2n) is 14.3. The van der Waals surface area contributed by atoms with Crippen molar-refractivity contribution in [2.75, 3.05) is 73.1 Å². The van der Waals surface area contributed by atoms with Gasteiger partial charge in [0.1, 0.15) is 16.3 Å². The highest BCUT2D eigenvalue weighted by Gasteiger charge is 2.32. The highest BCUT2D eigenvalue weighted by molar-refractivity contribution is 7.99. The number of carbonyl (C=O) groups excluding carboxylic acids is 2. The Hall–Kier alpha value is -4.96. The predicted molar refractivity (Wildman–Crippen MR) is 228 cm³/mol. The van der Waals surface area contributed by atoms with E-state index < -0.39 is 31.4 Å². The number of amides is 2. The Kier molecular flexibility index (Phi) is 16.9. The third-order valence-corrected chi connectivity index (χ3v) is 11.9. The summed E-state index contributed by atoms with van der Waals surface area (Å²) in [7, 11) is 6.18. The molecule has 13 nitrogen and oxygen atoms in total. The molecule has 0 saturated carbocycles. The first-order valence-corrected chi connectivity index (χ1v) is 21.3. The number of methoxy groups -OCH3 is 1. The lowest BCUT2D eigenvalue weighted by atomic mass is 9.94. The number of hydrogen-bond acceptors (Lipinski definition) is 11. The molecule has 2 N–H and O–H groups in total. The first kappa shape index (κ1) is 44.8. The van der Waals surface area contributed by atoms with Gasteiger partial charge in [-0.25, -0.2) is 13.1 Å². The molecule has 306 valence electrons. The van der Waals surface area contributed by atoms with Crippen molar-refractivity contribution in [3.8, 4) is 16.9 Å². The summed E-state index contributed by atoms with van der Waals surface area (Å²) in [5, 5.41) is 15.6. The second kappa shape index (κ2) is 21.5. The smallest absolute Gasteiger partial charge is 0.293 e. The van der Waals surface area contributed by atoms with Crippen LogP contribution in [-0.2, 0) is 21.2 Å². The highest BCUT2D eigenvalue weighted by atomic mass is 32.2. The highest BCUT2D eigenvalue weighted by Crippen LogP contribution is 2.37. The Morgan fingerprint density at radius 1 is 0.842 bits per heavy atom. The molecule has 0 heterocycles. The molecule has 2 amide bonds. The molecule has 15 heteroatoms. The molecule has 0 unspecified atom stereocenters. The zero-order chi connectivity index (χ0) is 41.5. The number of thioether (sulfide) groups is 1. The van der Waals surface area contributed by atoms with Crippen LogP contribution in [-0.4, -0.2) is 114 Å². The molecule has 4 aromatic carbocycles. The number of likely N-dealkylation sites (N-methyl/N-ethyl adjacent to an activating group) is 2. The maximum absolute atomic E-state index is 14.4. The number of nitrogens with one attached hydrogen (secondary N) is 2. The van der Waals surface area contributed by atoms with E-state index in [4.69, 9.17) is 4.74 Å². The molecule has 0 fully saturated rings. The number of nitro groups is 1. The summed E-state index contributed by atoms with van der Waals surface area (Å²) in [5.74, 6) is -0.506. The van der Waals surface area contributed by atoms with Gasteiger partial charge in [0, 0.05) is 54.9 Å². The first-order chi connectivity index (χ1) is 27.2. The Balaban J connectivity index is 1.72. The van der Waals surface area contributed by atoms with Crippen LogP contribution in [0.25, 0.3) is 11.1 Å². The standard InChI is InChI=1S/C42H54N6O7S2/c1-45(2)27-14-13-18-33(30-56-34-19-11-8-12-20-34)43-40-36(48(51)52)21-15-22-37(40)57(53,54)44-42(50)39-32(24-26-38(49)47(5)29-28-46(3)4)23-25-35(41(39)55-6)31-16-9-7-10-17-31/h7-12,15-17,19-23,25,33,43H,13-14,18,24,26-30H2,1-6H3,(H,44,50)/t33-/m1/s1. The molecule has 4 aromatic rings. The predicted octanol–water partition coefficient (Wildman–Crippen LogP) is 6.65. The molecular formula is C42H54N6O7S2. The molecule has 57 heavy (non-hydrogen) atoms. The quantitative estimate of drug-likeness (QED) is 0.0380. The third-order valence-electron chi connectivity index (χ3n) is 9.34. The molecule has 4 rings (SSSR count). The number of sulfonamides is 1. The number of ether oxygens (including phenoxy) is 1. The fraction of sp³-hybridized carbons (Fsp3) is 0.381. The second-order valence-corrected chi connectivity index (χ2v) is 17.0. The summed E-state index contributed by atoms with van der Waals surface area (Å²) in [4.78, 5) is 45.5. The molecule has 0 saturated heterocycles. The molecule has 0 aliphatic heterocycles. The normalized spacial score (nSPS) is 12.0. The lowest BCUT2D eigenvalue weighted by Crippen LogP contribution is -2.34. The minimum Gasteiger partial charge on any atom is -0.495 e. The van der Waals surface area contributed by atoms with E-state index in [0.717, 1.165) is 29.8 Å². The molecule has 0 aliphatic rings. The Morgan fingerprint density at radius 3 is 2.14 bits per heavy atom. The number of nitro benzene ring substituents is 1. The van der Waals surface area contributed by atoms with E-state index in [0.29, 0.717) is 36.4 Å². The van der Waals surface area contributed by atoms with Gasteiger partial charge in [0.05, 0.1) is 17.6 Å². The van der Waals surface area contributed by atoms with Gasteiger partial charge < -0.3 is 24.8 Å². The summed E-state index contributed by atoms with van der Waals surface area (Å²) in [6, 6.07) is 25.8. The van der Waals surface area contributed by atoms with Gasteiger partial charge in [-0.15, -0.1) is 11.8 Å². The minimum atomic E-state index is -4.74. The van der Waals surface area contributed by atoms with Crippen molar-refractivity contribution in [2.45, 2.75) is 47.9 Å². The van der Waals surface area contributed by atoms with Crippen LogP contribution in [0.4, 0.5) is 11.4 Å². The van der Waals surface area contributed by atoms with Crippen molar-refractivity contribution in [3.63, 3.8) is 0 Å². The lowest BCUT2D eigenvalue weighted by molar-refractivity contribution is -0.384. The summed E-state index contributed by atoms with van der Waals surface area (Å²) in [6.07, 6.45) is 2.46. The van der Waals surface area contributed by atoms with E-state index in [9.17, 15) is 28.1 Å². The number of unbranched alkanes of at least 4 members (excludes halogenated alkanes) is 1. The number of benzene rings is 4. The zero-order valence-corrected chi connectivity index (χ0v) is 35.2. The molecule has 0 radical (unpaired) electrons. The average Bonchev–Trinajstić information content (AvgIpc) is 3.19. The minimum absolute atomic E-state index is 0.0517. The van der Waals surface area contributed by atoms with E-state index in [1.165, 1.54) is 25.3 Å². The topological polar surface area (TPSA) is 154 Å². The van der Waals surface area contributed by atoms with Gasteiger partial charge in [-0.1, -0.05) is 73.2 Å². The summed E-state index contributed by atoms with van der Waals surface area (Å²) in [5.41, 5.74) is 0.989. The number of anilines is 1. The van der Waals surface area contributed by atoms with Gasteiger partial charge in [-0.2, -0.15) is 0 Å². The fourth-order valence-corrected chi connectivity index (χ4v) is 8.39. The number of nitrogens with zero attached hydrogens (tertiary/aromatic N) is 4. The van der Waals surface area contributed by atoms with Gasteiger partial charge in [0.2, 0.25) is 5.91 Å². The van der Waals surface area contributed by atoms with E-state index in [-0.39, 0.29) is 41.8 Å². The molecule has 0 spiro atoms. The third kappa shape index (κ3) is 13.0. The lowest BCUT2D eigenvalue weighted by Gasteiger charge is -2.23. The Bertz CT molecular complexity index is 2070. The number of para-hydroxylation sites is 1. The molecule has 0 bridgehead atoms. The summed E-state index contributed by atoms with van der Waals surface area (Å²) in [6.45, 7) is 2.04. The molecular weight excluding hydrogens is 765 g/mol. The van der Waals surface area contributed by atoms with E-state index in [1.54, 1.807) is 35.8 Å². The van der Waals surface area contributed by atoms with Gasteiger partial charge in [-0.05, 0) is 83.3 Å². The van der Waals surface area contributed by atoms with Crippen LogP contribution >= 0.6 is 11.8 Å². The Morgan fingerprint density at radius 2 is 1.51 bits per heavy atom. The van der Waals surface area contributed by atoms with E-state index in [2.05, 4.69) is 14.9 Å². The van der Waals surface area contributed by atoms with Crippen molar-refractivity contribution in [2.24, 2.45) is 0 Å². The van der Waals surface area contributed by atoms with Crippen LogP contribution in [0.5, 0.6) is 5.75 Å². The van der Waals surface area contributed by atoms with Crippen molar-refractivity contribution < 1.29 is 27.7 Å². The molecule has 0 aromatic heterocycles. The van der Waals surface area contributed by atoms with Crippen LogP contribution in [0.1, 0.15) is 41.6 Å². The summed E-state index contributed by atoms with van der Waals surface area (Å²) >= 11 is 1.56. The van der Waals surface area contributed by atoms with Crippen LogP contribution in [0.3, 0.4) is 0 Å². The zero-order valence-electron chi connectivity index (χ0n) is 33.6. The monoisotopic (exact) mass is 818 g/mol.